The van der Waals surface area contributed by atoms with E-state index in [1.165, 1.54) is 154 Å². The molecule has 0 spiro atoms. The summed E-state index contributed by atoms with van der Waals surface area (Å²) in [5.41, 5.74) is 0. The van der Waals surface area contributed by atoms with E-state index in [9.17, 15) is 14.4 Å². The molecule has 6 heteroatoms. The maximum Gasteiger partial charge on any atom is 0.306 e. The van der Waals surface area contributed by atoms with Crippen molar-refractivity contribution in [3.05, 3.63) is 0 Å². The Morgan fingerprint density at radius 2 is 0.648 bits per heavy atom. The summed E-state index contributed by atoms with van der Waals surface area (Å²) < 4.78 is 16.6. The molecule has 0 rings (SSSR count). The Morgan fingerprint density at radius 1 is 0.370 bits per heavy atom. The van der Waals surface area contributed by atoms with Crippen LogP contribution in [0.3, 0.4) is 0 Å². The predicted molar refractivity (Wildman–Crippen MR) is 229 cm³/mol. The van der Waals surface area contributed by atoms with Crippen molar-refractivity contribution in [3.63, 3.8) is 0 Å². The minimum Gasteiger partial charge on any atom is -0.462 e. The monoisotopic (exact) mass is 765 g/mol. The summed E-state index contributed by atoms with van der Waals surface area (Å²) in [6.07, 6.45) is 42.5. The highest BCUT2D eigenvalue weighted by molar-refractivity contribution is 5.71. The molecule has 0 radical (unpaired) electrons. The van der Waals surface area contributed by atoms with Crippen molar-refractivity contribution in [2.45, 2.75) is 271 Å². The number of carbonyl (C=O) groups excluding carboxylic acids is 3. The van der Waals surface area contributed by atoms with Crippen molar-refractivity contribution in [2.24, 2.45) is 5.92 Å². The summed E-state index contributed by atoms with van der Waals surface area (Å²) in [6.45, 7) is 8.95. The van der Waals surface area contributed by atoms with Gasteiger partial charge < -0.3 is 14.2 Å². The van der Waals surface area contributed by atoms with Gasteiger partial charge in [0.25, 0.3) is 0 Å². The van der Waals surface area contributed by atoms with Gasteiger partial charge in [-0.1, -0.05) is 227 Å². The normalized spacial score (nSPS) is 12.4. The number of ether oxygens (including phenoxy) is 3. The molecule has 6 nitrogen and oxygen atoms in total. The molecule has 2 atom stereocenters. The highest BCUT2D eigenvalue weighted by Gasteiger charge is 2.19. The SMILES string of the molecule is CCCCCCCCCCCCCCCCCCCC(=O)OC[C@H](COC(=O)CCCCCCC)OC(=O)CCCCCCCCCCCCC(C)CC. The zero-order chi connectivity index (χ0) is 39.6. The van der Waals surface area contributed by atoms with Crippen LogP contribution in [0.5, 0.6) is 0 Å². The van der Waals surface area contributed by atoms with Crippen molar-refractivity contribution in [2.75, 3.05) is 13.2 Å². The van der Waals surface area contributed by atoms with Crippen molar-refractivity contribution in [3.8, 4) is 0 Å². The van der Waals surface area contributed by atoms with E-state index in [0.29, 0.717) is 19.3 Å². The van der Waals surface area contributed by atoms with Gasteiger partial charge >= 0.3 is 17.9 Å². The van der Waals surface area contributed by atoms with Crippen molar-refractivity contribution < 1.29 is 28.6 Å². The van der Waals surface area contributed by atoms with Gasteiger partial charge in [0.15, 0.2) is 6.10 Å². The molecule has 0 aromatic rings. The van der Waals surface area contributed by atoms with Crippen LogP contribution >= 0.6 is 0 Å². The van der Waals surface area contributed by atoms with Crippen LogP contribution in [0.1, 0.15) is 265 Å². The predicted octanol–water partition coefficient (Wildman–Crippen LogP) is 15.1. The number of rotatable bonds is 43. The van der Waals surface area contributed by atoms with Crippen LogP contribution < -0.4 is 0 Å². The first kappa shape index (κ1) is 52.4. The van der Waals surface area contributed by atoms with E-state index in [1.807, 2.05) is 0 Å². The largest absolute Gasteiger partial charge is 0.462 e. The van der Waals surface area contributed by atoms with Crippen molar-refractivity contribution in [1.29, 1.82) is 0 Å². The second-order valence-electron chi connectivity index (χ2n) is 16.6. The van der Waals surface area contributed by atoms with Gasteiger partial charge in [-0.25, -0.2) is 0 Å². The van der Waals surface area contributed by atoms with Crippen LogP contribution in [-0.4, -0.2) is 37.2 Å². The van der Waals surface area contributed by atoms with Gasteiger partial charge in [-0.2, -0.15) is 0 Å². The van der Waals surface area contributed by atoms with E-state index in [-0.39, 0.29) is 31.1 Å². The lowest BCUT2D eigenvalue weighted by atomic mass is 9.99. The molecular formula is C48H92O6. The van der Waals surface area contributed by atoms with Gasteiger partial charge in [0.2, 0.25) is 0 Å². The fourth-order valence-corrected chi connectivity index (χ4v) is 7.12. The van der Waals surface area contributed by atoms with E-state index in [0.717, 1.165) is 70.1 Å². The lowest BCUT2D eigenvalue weighted by Gasteiger charge is -2.18. The standard InChI is InChI=1S/C48H92O6/c1-5-8-10-12-13-14-15-16-17-18-19-20-21-25-28-32-36-40-47(50)53-43-45(42-52-46(49)39-35-30-11-9-6-2)54-48(51)41-37-33-29-26-23-22-24-27-31-34-38-44(4)7-3/h44-45H,5-43H2,1-4H3/t44?,45-/m0/s1. The Balaban J connectivity index is 4.15. The number of unbranched alkanes of at least 4 members (excludes halogenated alkanes) is 29. The van der Waals surface area contributed by atoms with Crippen molar-refractivity contribution >= 4 is 17.9 Å². The Kier molecular flexibility index (Phi) is 41.3. The third-order valence-corrected chi connectivity index (χ3v) is 11.2. The van der Waals surface area contributed by atoms with Gasteiger partial charge in [-0.15, -0.1) is 0 Å². The molecule has 0 saturated heterocycles. The lowest BCUT2D eigenvalue weighted by Crippen LogP contribution is -2.30. The average Bonchev–Trinajstić information content (AvgIpc) is 3.17. The molecule has 0 fully saturated rings. The van der Waals surface area contributed by atoms with Gasteiger partial charge in [-0.05, 0) is 25.2 Å². The highest BCUT2D eigenvalue weighted by Crippen LogP contribution is 2.17. The molecule has 0 aromatic carbocycles. The molecule has 0 N–H and O–H groups in total. The molecule has 320 valence electrons. The van der Waals surface area contributed by atoms with E-state index < -0.39 is 6.10 Å². The Bertz CT molecular complexity index is 813. The summed E-state index contributed by atoms with van der Waals surface area (Å²) in [4.78, 5) is 37.5. The average molecular weight is 765 g/mol. The van der Waals surface area contributed by atoms with E-state index in [1.54, 1.807) is 0 Å². The second kappa shape index (κ2) is 42.6. The lowest BCUT2D eigenvalue weighted by molar-refractivity contribution is -0.167. The van der Waals surface area contributed by atoms with Gasteiger partial charge in [0.05, 0.1) is 0 Å². The summed E-state index contributed by atoms with van der Waals surface area (Å²) in [5.74, 6) is 0.00221. The van der Waals surface area contributed by atoms with Crippen LogP contribution in [0.2, 0.25) is 0 Å². The number of esters is 3. The molecule has 0 aromatic heterocycles. The maximum absolute atomic E-state index is 12.7. The van der Waals surface area contributed by atoms with Crippen LogP contribution in [0, 0.1) is 5.92 Å². The zero-order valence-corrected chi connectivity index (χ0v) is 36.7. The van der Waals surface area contributed by atoms with Gasteiger partial charge in [0.1, 0.15) is 13.2 Å². The molecule has 1 unspecified atom stereocenters. The van der Waals surface area contributed by atoms with Gasteiger partial charge in [0, 0.05) is 19.3 Å². The second-order valence-corrected chi connectivity index (χ2v) is 16.6. The highest BCUT2D eigenvalue weighted by atomic mass is 16.6. The molecular weight excluding hydrogens is 673 g/mol. The van der Waals surface area contributed by atoms with E-state index in [2.05, 4.69) is 27.7 Å². The molecule has 0 bridgehead atoms. The third kappa shape index (κ3) is 40.1. The summed E-state index contributed by atoms with van der Waals surface area (Å²) in [5, 5.41) is 0. The molecule has 54 heavy (non-hydrogen) atoms. The summed E-state index contributed by atoms with van der Waals surface area (Å²) in [6, 6.07) is 0. The minimum atomic E-state index is -0.758. The first-order valence-electron chi connectivity index (χ1n) is 23.9. The molecule has 0 amide bonds. The molecule has 0 saturated carbocycles. The number of carbonyl (C=O) groups is 3. The molecule has 0 aliphatic heterocycles. The topological polar surface area (TPSA) is 78.9 Å². The Labute approximate surface area is 336 Å². The molecule has 0 heterocycles. The van der Waals surface area contributed by atoms with Crippen molar-refractivity contribution in [1.82, 2.24) is 0 Å². The first-order valence-corrected chi connectivity index (χ1v) is 23.9. The summed E-state index contributed by atoms with van der Waals surface area (Å²) in [7, 11) is 0. The third-order valence-electron chi connectivity index (χ3n) is 11.2. The first-order chi connectivity index (χ1) is 26.4. The number of hydrogen-bond acceptors (Lipinski definition) is 6. The van der Waals surface area contributed by atoms with Crippen LogP contribution in [0.25, 0.3) is 0 Å². The fourth-order valence-electron chi connectivity index (χ4n) is 7.12. The zero-order valence-electron chi connectivity index (χ0n) is 36.7. The van der Waals surface area contributed by atoms with E-state index in [4.69, 9.17) is 14.2 Å². The molecule has 0 aliphatic carbocycles. The number of hydrogen-bond donors (Lipinski definition) is 0. The molecule has 0 aliphatic rings. The van der Waals surface area contributed by atoms with Crippen LogP contribution in [-0.2, 0) is 28.6 Å². The Morgan fingerprint density at radius 3 is 0.963 bits per heavy atom. The maximum atomic E-state index is 12.7. The smallest absolute Gasteiger partial charge is 0.306 e. The Hall–Kier alpha value is -1.59. The van der Waals surface area contributed by atoms with Gasteiger partial charge in [-0.3, -0.25) is 14.4 Å². The van der Waals surface area contributed by atoms with E-state index >= 15 is 0 Å². The fraction of sp³-hybridized carbons (Fsp3) is 0.938. The minimum absolute atomic E-state index is 0.0645. The van der Waals surface area contributed by atoms with Crippen LogP contribution in [0.4, 0.5) is 0 Å². The quantitative estimate of drug-likeness (QED) is 0.0349. The summed E-state index contributed by atoms with van der Waals surface area (Å²) >= 11 is 0. The van der Waals surface area contributed by atoms with Crippen LogP contribution in [0.15, 0.2) is 0 Å².